The SMILES string of the molecule is Cl.O=C(O)[C@H]1CNCCCO1. The largest absolute Gasteiger partial charge is 0.479 e. The van der Waals surface area contributed by atoms with Gasteiger partial charge in [0.1, 0.15) is 0 Å². The van der Waals surface area contributed by atoms with Crippen molar-refractivity contribution in [1.29, 1.82) is 0 Å². The maximum Gasteiger partial charge on any atom is 0.334 e. The second-order valence-electron chi connectivity index (χ2n) is 2.26. The van der Waals surface area contributed by atoms with Crippen molar-refractivity contribution in [3.05, 3.63) is 0 Å². The average Bonchev–Trinajstić information content (AvgIpc) is 2.12. The monoisotopic (exact) mass is 181 g/mol. The Kier molecular flexibility index (Phi) is 5.19. The van der Waals surface area contributed by atoms with Crippen molar-refractivity contribution in [1.82, 2.24) is 5.32 Å². The van der Waals surface area contributed by atoms with Crippen LogP contribution in [0.5, 0.6) is 0 Å². The van der Waals surface area contributed by atoms with Crippen LogP contribution in [0.4, 0.5) is 0 Å². The Labute approximate surface area is 71.3 Å². The third-order valence-electron chi connectivity index (χ3n) is 1.42. The highest BCUT2D eigenvalue weighted by Crippen LogP contribution is 1.96. The first kappa shape index (κ1) is 10.7. The summed E-state index contributed by atoms with van der Waals surface area (Å²) >= 11 is 0. The Morgan fingerprint density at radius 1 is 1.64 bits per heavy atom. The molecule has 1 aliphatic rings. The van der Waals surface area contributed by atoms with Crippen molar-refractivity contribution in [2.24, 2.45) is 0 Å². The Balaban J connectivity index is 0.000001000. The summed E-state index contributed by atoms with van der Waals surface area (Å²) in [5.74, 6) is -0.880. The lowest BCUT2D eigenvalue weighted by Gasteiger charge is -2.07. The third-order valence-corrected chi connectivity index (χ3v) is 1.42. The average molecular weight is 182 g/mol. The Hall–Kier alpha value is -0.320. The highest BCUT2D eigenvalue weighted by molar-refractivity contribution is 5.85. The number of aliphatic carboxylic acids is 1. The highest BCUT2D eigenvalue weighted by atomic mass is 35.5. The smallest absolute Gasteiger partial charge is 0.334 e. The van der Waals surface area contributed by atoms with E-state index in [-0.39, 0.29) is 12.4 Å². The normalized spacial score (nSPS) is 24.9. The van der Waals surface area contributed by atoms with Crippen LogP contribution in [0.25, 0.3) is 0 Å². The van der Waals surface area contributed by atoms with Crippen molar-refractivity contribution >= 4 is 18.4 Å². The summed E-state index contributed by atoms with van der Waals surface area (Å²) in [4.78, 5) is 10.3. The van der Waals surface area contributed by atoms with E-state index in [1.54, 1.807) is 0 Å². The van der Waals surface area contributed by atoms with Crippen LogP contribution < -0.4 is 5.32 Å². The molecule has 0 amide bonds. The number of carboxylic acids is 1. The fourth-order valence-corrected chi connectivity index (χ4v) is 0.873. The molecule has 0 aromatic heterocycles. The molecule has 1 saturated heterocycles. The number of ether oxygens (including phenoxy) is 1. The van der Waals surface area contributed by atoms with Crippen LogP contribution in [0.3, 0.4) is 0 Å². The Morgan fingerprint density at radius 2 is 2.36 bits per heavy atom. The van der Waals surface area contributed by atoms with Gasteiger partial charge in [-0.2, -0.15) is 0 Å². The van der Waals surface area contributed by atoms with E-state index in [1.807, 2.05) is 0 Å². The van der Waals surface area contributed by atoms with Gasteiger partial charge in [-0.15, -0.1) is 12.4 Å². The molecule has 5 heteroatoms. The van der Waals surface area contributed by atoms with Crippen molar-refractivity contribution in [3.8, 4) is 0 Å². The molecular formula is C6H12ClNO3. The summed E-state index contributed by atoms with van der Waals surface area (Å²) in [6.45, 7) is 1.82. The fourth-order valence-electron chi connectivity index (χ4n) is 0.873. The summed E-state index contributed by atoms with van der Waals surface area (Å²) in [7, 11) is 0. The minimum atomic E-state index is -0.880. The molecule has 1 heterocycles. The van der Waals surface area contributed by atoms with Gasteiger partial charge in [-0.3, -0.25) is 0 Å². The van der Waals surface area contributed by atoms with Gasteiger partial charge in [0.25, 0.3) is 0 Å². The van der Waals surface area contributed by atoms with E-state index in [0.717, 1.165) is 13.0 Å². The van der Waals surface area contributed by atoms with Gasteiger partial charge in [-0.1, -0.05) is 0 Å². The molecule has 0 aliphatic carbocycles. The first-order valence-electron chi connectivity index (χ1n) is 3.36. The highest BCUT2D eigenvalue weighted by Gasteiger charge is 2.18. The molecule has 0 bridgehead atoms. The summed E-state index contributed by atoms with van der Waals surface area (Å²) < 4.78 is 5.00. The number of halogens is 1. The van der Waals surface area contributed by atoms with Gasteiger partial charge in [0.15, 0.2) is 6.10 Å². The van der Waals surface area contributed by atoms with Crippen molar-refractivity contribution in [3.63, 3.8) is 0 Å². The van der Waals surface area contributed by atoms with Crippen LogP contribution in [0, 0.1) is 0 Å². The van der Waals surface area contributed by atoms with E-state index in [4.69, 9.17) is 9.84 Å². The molecule has 1 rings (SSSR count). The van der Waals surface area contributed by atoms with Crippen LogP contribution in [0.15, 0.2) is 0 Å². The molecule has 0 spiro atoms. The number of hydrogen-bond acceptors (Lipinski definition) is 3. The van der Waals surface area contributed by atoms with E-state index in [2.05, 4.69) is 5.32 Å². The molecule has 0 radical (unpaired) electrons. The standard InChI is InChI=1S/C6H11NO3.ClH/c8-6(9)5-4-7-2-1-3-10-5;/h5,7H,1-4H2,(H,8,9);1H/t5-;/m1./s1. The first-order chi connectivity index (χ1) is 4.80. The lowest BCUT2D eigenvalue weighted by molar-refractivity contribution is -0.149. The number of carboxylic acid groups (broad SMARTS) is 1. The molecule has 0 aromatic carbocycles. The lowest BCUT2D eigenvalue weighted by atomic mass is 10.3. The topological polar surface area (TPSA) is 58.6 Å². The van der Waals surface area contributed by atoms with Crippen molar-refractivity contribution < 1.29 is 14.6 Å². The zero-order valence-corrected chi connectivity index (χ0v) is 6.89. The van der Waals surface area contributed by atoms with Gasteiger partial charge in [-0.05, 0) is 13.0 Å². The molecule has 11 heavy (non-hydrogen) atoms. The Morgan fingerprint density at radius 3 is 3.00 bits per heavy atom. The van der Waals surface area contributed by atoms with Crippen LogP contribution in [0.2, 0.25) is 0 Å². The second kappa shape index (κ2) is 5.35. The van der Waals surface area contributed by atoms with E-state index < -0.39 is 12.1 Å². The molecule has 0 unspecified atom stereocenters. The predicted octanol–water partition coefficient (Wildman–Crippen LogP) is -0.129. The number of rotatable bonds is 1. The number of nitrogens with one attached hydrogen (secondary N) is 1. The molecule has 0 aromatic rings. The van der Waals surface area contributed by atoms with Gasteiger partial charge >= 0.3 is 5.97 Å². The zero-order chi connectivity index (χ0) is 7.40. The van der Waals surface area contributed by atoms with E-state index >= 15 is 0 Å². The molecule has 4 nitrogen and oxygen atoms in total. The summed E-state index contributed by atoms with van der Waals surface area (Å²) in [5, 5.41) is 11.5. The van der Waals surface area contributed by atoms with Gasteiger partial charge in [0.05, 0.1) is 0 Å². The maximum atomic E-state index is 10.3. The van der Waals surface area contributed by atoms with Crippen LogP contribution in [-0.4, -0.2) is 36.9 Å². The van der Waals surface area contributed by atoms with E-state index in [9.17, 15) is 4.79 Å². The summed E-state index contributed by atoms with van der Waals surface area (Å²) in [6, 6.07) is 0. The molecule has 1 aliphatic heterocycles. The number of carbonyl (C=O) groups is 1. The number of hydrogen-bond donors (Lipinski definition) is 2. The second-order valence-corrected chi connectivity index (χ2v) is 2.26. The quantitative estimate of drug-likeness (QED) is 0.592. The summed E-state index contributed by atoms with van der Waals surface area (Å²) in [5.41, 5.74) is 0. The van der Waals surface area contributed by atoms with Gasteiger partial charge in [0, 0.05) is 13.2 Å². The molecule has 1 atom stereocenters. The molecule has 1 fully saturated rings. The minimum absolute atomic E-state index is 0. The predicted molar refractivity (Wildman–Crippen MR) is 42.1 cm³/mol. The van der Waals surface area contributed by atoms with Gasteiger partial charge < -0.3 is 15.2 Å². The first-order valence-corrected chi connectivity index (χ1v) is 3.36. The van der Waals surface area contributed by atoms with Gasteiger partial charge in [0.2, 0.25) is 0 Å². The molecule has 0 saturated carbocycles. The van der Waals surface area contributed by atoms with Gasteiger partial charge in [-0.25, -0.2) is 4.79 Å². The van der Waals surface area contributed by atoms with Crippen LogP contribution in [-0.2, 0) is 9.53 Å². The molecular weight excluding hydrogens is 170 g/mol. The van der Waals surface area contributed by atoms with Crippen molar-refractivity contribution in [2.75, 3.05) is 19.7 Å². The fraction of sp³-hybridized carbons (Fsp3) is 0.833. The molecule has 66 valence electrons. The lowest BCUT2D eigenvalue weighted by Crippen LogP contribution is -2.32. The zero-order valence-electron chi connectivity index (χ0n) is 6.08. The van der Waals surface area contributed by atoms with Crippen molar-refractivity contribution in [2.45, 2.75) is 12.5 Å². The Bertz CT molecular complexity index is 123. The molecule has 2 N–H and O–H groups in total. The van der Waals surface area contributed by atoms with Crippen LogP contribution >= 0.6 is 12.4 Å². The maximum absolute atomic E-state index is 10.3. The van der Waals surface area contributed by atoms with Crippen LogP contribution in [0.1, 0.15) is 6.42 Å². The van der Waals surface area contributed by atoms with E-state index in [1.165, 1.54) is 0 Å². The minimum Gasteiger partial charge on any atom is -0.479 e. The van der Waals surface area contributed by atoms with E-state index in [0.29, 0.717) is 13.2 Å². The summed E-state index contributed by atoms with van der Waals surface area (Å²) in [6.07, 6.45) is 0.242. The third kappa shape index (κ3) is 3.55.